The summed E-state index contributed by atoms with van der Waals surface area (Å²) in [5.74, 6) is 0.304. The van der Waals surface area contributed by atoms with E-state index in [0.29, 0.717) is 25.3 Å². The van der Waals surface area contributed by atoms with E-state index < -0.39 is 0 Å². The highest BCUT2D eigenvalue weighted by Crippen LogP contribution is 2.06. The lowest BCUT2D eigenvalue weighted by molar-refractivity contribution is -0.125. The molecule has 0 bridgehead atoms. The predicted octanol–water partition coefficient (Wildman–Crippen LogP) is -0.763. The van der Waals surface area contributed by atoms with E-state index in [0.717, 1.165) is 6.54 Å². The smallest absolute Gasteiger partial charge is 0.242 e. The lowest BCUT2D eigenvalue weighted by Gasteiger charge is -2.14. The van der Waals surface area contributed by atoms with Crippen molar-refractivity contribution in [3.63, 3.8) is 0 Å². The summed E-state index contributed by atoms with van der Waals surface area (Å²) in [6.45, 7) is 3.58. The molecule has 1 aliphatic rings. The van der Waals surface area contributed by atoms with Crippen molar-refractivity contribution in [3.05, 3.63) is 0 Å². The monoisotopic (exact) mass is 213 g/mol. The number of amides is 2. The molecular formula is C10H19N3O2. The van der Waals surface area contributed by atoms with Crippen molar-refractivity contribution in [3.8, 4) is 0 Å². The van der Waals surface area contributed by atoms with Crippen molar-refractivity contribution in [2.75, 3.05) is 20.1 Å². The third-order valence-corrected chi connectivity index (χ3v) is 2.49. The lowest BCUT2D eigenvalue weighted by Crippen LogP contribution is -2.43. The summed E-state index contributed by atoms with van der Waals surface area (Å²) in [6, 6.07) is -0.320. The van der Waals surface area contributed by atoms with Gasteiger partial charge in [0.2, 0.25) is 11.8 Å². The molecule has 0 aromatic rings. The number of hydrogen-bond donors (Lipinski definition) is 3. The van der Waals surface area contributed by atoms with Crippen LogP contribution in [0.3, 0.4) is 0 Å². The maximum Gasteiger partial charge on any atom is 0.242 e. The van der Waals surface area contributed by atoms with Gasteiger partial charge in [0.1, 0.15) is 6.04 Å². The van der Waals surface area contributed by atoms with Crippen LogP contribution in [0, 0.1) is 5.92 Å². The Morgan fingerprint density at radius 3 is 2.87 bits per heavy atom. The van der Waals surface area contributed by atoms with E-state index in [1.54, 1.807) is 0 Å². The van der Waals surface area contributed by atoms with Gasteiger partial charge in [-0.15, -0.1) is 0 Å². The molecule has 0 saturated carbocycles. The van der Waals surface area contributed by atoms with Crippen molar-refractivity contribution < 1.29 is 9.59 Å². The fraction of sp³-hybridized carbons (Fsp3) is 0.800. The highest BCUT2D eigenvalue weighted by Gasteiger charge is 2.26. The SMILES string of the molecule is CNCC(C)CNC(=O)C1CCC(=O)N1. The number of hydrogen-bond acceptors (Lipinski definition) is 3. The summed E-state index contributed by atoms with van der Waals surface area (Å²) < 4.78 is 0. The van der Waals surface area contributed by atoms with Gasteiger partial charge in [-0.05, 0) is 25.9 Å². The minimum absolute atomic E-state index is 0.0292. The first-order valence-electron chi connectivity index (χ1n) is 5.35. The quantitative estimate of drug-likeness (QED) is 0.562. The minimum Gasteiger partial charge on any atom is -0.354 e. The van der Waals surface area contributed by atoms with Gasteiger partial charge in [-0.25, -0.2) is 0 Å². The Balaban J connectivity index is 2.21. The zero-order chi connectivity index (χ0) is 11.3. The number of carbonyl (C=O) groups excluding carboxylic acids is 2. The van der Waals surface area contributed by atoms with E-state index in [2.05, 4.69) is 22.9 Å². The van der Waals surface area contributed by atoms with Crippen LogP contribution in [-0.4, -0.2) is 38.0 Å². The van der Waals surface area contributed by atoms with Crippen LogP contribution in [0.25, 0.3) is 0 Å². The van der Waals surface area contributed by atoms with Crippen LogP contribution in [0.1, 0.15) is 19.8 Å². The first-order chi connectivity index (χ1) is 7.13. The molecule has 1 saturated heterocycles. The molecule has 15 heavy (non-hydrogen) atoms. The Morgan fingerprint density at radius 1 is 1.60 bits per heavy atom. The second kappa shape index (κ2) is 5.70. The summed E-state index contributed by atoms with van der Waals surface area (Å²) in [7, 11) is 1.88. The molecule has 86 valence electrons. The average Bonchev–Trinajstić information content (AvgIpc) is 2.62. The van der Waals surface area contributed by atoms with Gasteiger partial charge in [0.25, 0.3) is 0 Å². The molecule has 0 aliphatic carbocycles. The summed E-state index contributed by atoms with van der Waals surface area (Å²) in [5, 5.41) is 8.53. The number of carbonyl (C=O) groups is 2. The molecule has 1 fully saturated rings. The number of nitrogens with one attached hydrogen (secondary N) is 3. The zero-order valence-electron chi connectivity index (χ0n) is 9.30. The van der Waals surface area contributed by atoms with Gasteiger partial charge >= 0.3 is 0 Å². The summed E-state index contributed by atoms with van der Waals surface area (Å²) in [5.41, 5.74) is 0. The molecule has 5 nitrogen and oxygen atoms in total. The van der Waals surface area contributed by atoms with Crippen LogP contribution in [0.2, 0.25) is 0 Å². The second-order valence-corrected chi connectivity index (χ2v) is 4.07. The fourth-order valence-electron chi connectivity index (χ4n) is 1.63. The van der Waals surface area contributed by atoms with Gasteiger partial charge < -0.3 is 16.0 Å². The molecule has 1 aliphatic heterocycles. The van der Waals surface area contributed by atoms with E-state index >= 15 is 0 Å². The lowest BCUT2D eigenvalue weighted by atomic mass is 10.1. The molecule has 1 heterocycles. The molecule has 2 amide bonds. The Hall–Kier alpha value is -1.10. The summed E-state index contributed by atoms with van der Waals surface area (Å²) in [6.07, 6.45) is 1.08. The molecule has 0 spiro atoms. The summed E-state index contributed by atoms with van der Waals surface area (Å²) in [4.78, 5) is 22.5. The number of rotatable bonds is 5. The van der Waals surface area contributed by atoms with Crippen LogP contribution >= 0.6 is 0 Å². The topological polar surface area (TPSA) is 70.2 Å². The fourth-order valence-corrected chi connectivity index (χ4v) is 1.63. The molecule has 0 aromatic heterocycles. The Bertz CT molecular complexity index is 243. The van der Waals surface area contributed by atoms with Gasteiger partial charge in [-0.1, -0.05) is 6.92 Å². The van der Waals surface area contributed by atoms with E-state index in [4.69, 9.17) is 0 Å². The predicted molar refractivity (Wildman–Crippen MR) is 57.3 cm³/mol. The van der Waals surface area contributed by atoms with Crippen LogP contribution in [0.5, 0.6) is 0 Å². The largest absolute Gasteiger partial charge is 0.354 e. The van der Waals surface area contributed by atoms with Crippen LogP contribution < -0.4 is 16.0 Å². The highest BCUT2D eigenvalue weighted by molar-refractivity contribution is 5.90. The maximum absolute atomic E-state index is 11.6. The van der Waals surface area contributed by atoms with E-state index in [-0.39, 0.29) is 17.9 Å². The van der Waals surface area contributed by atoms with Gasteiger partial charge in [-0.3, -0.25) is 9.59 Å². The standard InChI is InChI=1S/C10H19N3O2/c1-7(5-11-2)6-12-10(15)8-3-4-9(14)13-8/h7-8,11H,3-6H2,1-2H3,(H,12,15)(H,13,14). The van der Waals surface area contributed by atoms with Gasteiger partial charge in [-0.2, -0.15) is 0 Å². The summed E-state index contributed by atoms with van der Waals surface area (Å²) >= 11 is 0. The first kappa shape index (κ1) is 12.0. The molecular weight excluding hydrogens is 194 g/mol. The maximum atomic E-state index is 11.6. The van der Waals surface area contributed by atoms with Crippen molar-refractivity contribution in [1.29, 1.82) is 0 Å². The Labute approximate surface area is 90.0 Å². The van der Waals surface area contributed by atoms with E-state index in [9.17, 15) is 9.59 Å². The minimum atomic E-state index is -0.320. The van der Waals surface area contributed by atoms with Gasteiger partial charge in [0.15, 0.2) is 0 Å². The van der Waals surface area contributed by atoms with Crippen LogP contribution in [0.15, 0.2) is 0 Å². The third-order valence-electron chi connectivity index (χ3n) is 2.49. The molecule has 0 aromatic carbocycles. The van der Waals surface area contributed by atoms with E-state index in [1.165, 1.54) is 0 Å². The normalized spacial score (nSPS) is 22.3. The highest BCUT2D eigenvalue weighted by atomic mass is 16.2. The third kappa shape index (κ3) is 3.87. The Morgan fingerprint density at radius 2 is 2.33 bits per heavy atom. The molecule has 5 heteroatoms. The molecule has 2 unspecified atom stereocenters. The van der Waals surface area contributed by atoms with Crippen LogP contribution in [0.4, 0.5) is 0 Å². The van der Waals surface area contributed by atoms with Gasteiger partial charge in [0.05, 0.1) is 0 Å². The molecule has 0 radical (unpaired) electrons. The molecule has 2 atom stereocenters. The van der Waals surface area contributed by atoms with Crippen molar-refractivity contribution in [2.45, 2.75) is 25.8 Å². The molecule has 3 N–H and O–H groups in total. The second-order valence-electron chi connectivity index (χ2n) is 4.07. The van der Waals surface area contributed by atoms with E-state index in [1.807, 2.05) is 7.05 Å². The first-order valence-corrected chi connectivity index (χ1v) is 5.35. The van der Waals surface area contributed by atoms with Crippen molar-refractivity contribution in [2.24, 2.45) is 5.92 Å². The average molecular weight is 213 g/mol. The molecule has 1 rings (SSSR count). The Kier molecular flexibility index (Phi) is 4.55. The van der Waals surface area contributed by atoms with Crippen molar-refractivity contribution >= 4 is 11.8 Å². The van der Waals surface area contributed by atoms with Crippen molar-refractivity contribution in [1.82, 2.24) is 16.0 Å². The zero-order valence-corrected chi connectivity index (χ0v) is 9.30. The van der Waals surface area contributed by atoms with Gasteiger partial charge in [0, 0.05) is 13.0 Å². The van der Waals surface area contributed by atoms with Crippen LogP contribution in [-0.2, 0) is 9.59 Å².